The summed E-state index contributed by atoms with van der Waals surface area (Å²) < 4.78 is 31.9. The Labute approximate surface area is 138 Å². The first-order chi connectivity index (χ1) is 11.3. The van der Waals surface area contributed by atoms with Gasteiger partial charge in [-0.25, -0.2) is 13.2 Å². The maximum absolute atomic E-state index is 12.4. The molecular weight excluding hydrogens is 336 g/mol. The lowest BCUT2D eigenvalue weighted by Crippen LogP contribution is -2.15. The number of hydrogen-bond donors (Lipinski definition) is 1. The summed E-state index contributed by atoms with van der Waals surface area (Å²) in [7, 11) is -4.19. The Kier molecular flexibility index (Phi) is 5.14. The van der Waals surface area contributed by atoms with E-state index >= 15 is 0 Å². The van der Waals surface area contributed by atoms with Crippen molar-refractivity contribution in [3.05, 3.63) is 64.2 Å². The summed E-state index contributed by atoms with van der Waals surface area (Å²) in [6.07, 6.45) is 0. The van der Waals surface area contributed by atoms with E-state index in [9.17, 15) is 23.3 Å². The number of nitro benzene ring substituents is 1. The van der Waals surface area contributed by atoms with Crippen molar-refractivity contribution in [2.45, 2.75) is 11.8 Å². The first-order valence-corrected chi connectivity index (χ1v) is 8.37. The molecule has 2 aromatic carbocycles. The molecule has 126 valence electrons. The van der Waals surface area contributed by atoms with Crippen LogP contribution < -0.4 is 4.72 Å². The average molecular weight is 350 g/mol. The third kappa shape index (κ3) is 3.87. The van der Waals surface area contributed by atoms with Crippen LogP contribution in [0.2, 0.25) is 0 Å². The summed E-state index contributed by atoms with van der Waals surface area (Å²) in [5.74, 6) is -0.593. The minimum absolute atomic E-state index is 0.0960. The quantitative estimate of drug-likeness (QED) is 0.486. The molecule has 0 aromatic heterocycles. The van der Waals surface area contributed by atoms with Gasteiger partial charge in [0.1, 0.15) is 0 Å². The number of esters is 1. The van der Waals surface area contributed by atoms with Crippen LogP contribution in [0.3, 0.4) is 0 Å². The van der Waals surface area contributed by atoms with Gasteiger partial charge in [-0.15, -0.1) is 0 Å². The number of nitrogens with one attached hydrogen (secondary N) is 1. The Bertz CT molecular complexity index is 879. The van der Waals surface area contributed by atoms with Crippen molar-refractivity contribution in [3.8, 4) is 0 Å². The zero-order valence-electron chi connectivity index (χ0n) is 12.6. The Balaban J connectivity index is 2.36. The SMILES string of the molecule is CCOC(=O)c1cccc(NS(=O)(=O)c2ccccc2[N+](=O)[O-])c1. The predicted molar refractivity (Wildman–Crippen MR) is 86.3 cm³/mol. The fourth-order valence-electron chi connectivity index (χ4n) is 1.97. The van der Waals surface area contributed by atoms with Gasteiger partial charge < -0.3 is 4.74 Å². The number of benzene rings is 2. The van der Waals surface area contributed by atoms with E-state index in [0.717, 1.165) is 12.1 Å². The van der Waals surface area contributed by atoms with Crippen LogP contribution in [0.4, 0.5) is 11.4 Å². The molecule has 0 radical (unpaired) electrons. The number of carbonyl (C=O) groups is 1. The zero-order valence-corrected chi connectivity index (χ0v) is 13.4. The molecule has 1 N–H and O–H groups in total. The zero-order chi connectivity index (χ0) is 17.7. The van der Waals surface area contributed by atoms with Crippen LogP contribution in [-0.4, -0.2) is 25.9 Å². The molecule has 0 amide bonds. The van der Waals surface area contributed by atoms with Crippen molar-refractivity contribution in [2.75, 3.05) is 11.3 Å². The fourth-order valence-corrected chi connectivity index (χ4v) is 3.19. The third-order valence-electron chi connectivity index (χ3n) is 2.98. The molecule has 9 heteroatoms. The molecule has 0 atom stereocenters. The number of hydrogen-bond acceptors (Lipinski definition) is 6. The van der Waals surface area contributed by atoms with E-state index in [-0.39, 0.29) is 17.9 Å². The van der Waals surface area contributed by atoms with E-state index < -0.39 is 31.5 Å². The maximum Gasteiger partial charge on any atom is 0.338 e. The van der Waals surface area contributed by atoms with Crippen LogP contribution in [0.15, 0.2) is 53.4 Å². The van der Waals surface area contributed by atoms with Crippen molar-refractivity contribution < 1.29 is 22.9 Å². The van der Waals surface area contributed by atoms with Gasteiger partial charge in [0.05, 0.1) is 17.1 Å². The molecule has 0 fully saturated rings. The molecule has 2 rings (SSSR count). The molecule has 0 spiro atoms. The Hall–Kier alpha value is -2.94. The highest BCUT2D eigenvalue weighted by Gasteiger charge is 2.25. The average Bonchev–Trinajstić information content (AvgIpc) is 2.55. The van der Waals surface area contributed by atoms with Gasteiger partial charge in [-0.2, -0.15) is 0 Å². The minimum atomic E-state index is -4.19. The smallest absolute Gasteiger partial charge is 0.338 e. The molecule has 0 saturated carbocycles. The van der Waals surface area contributed by atoms with Gasteiger partial charge in [0.25, 0.3) is 15.7 Å². The number of nitrogens with zero attached hydrogens (tertiary/aromatic N) is 1. The van der Waals surface area contributed by atoms with Crippen LogP contribution in [0.25, 0.3) is 0 Å². The van der Waals surface area contributed by atoms with E-state index in [1.165, 1.54) is 36.4 Å². The van der Waals surface area contributed by atoms with Crippen LogP contribution in [0.1, 0.15) is 17.3 Å². The highest BCUT2D eigenvalue weighted by molar-refractivity contribution is 7.92. The summed E-state index contributed by atoms with van der Waals surface area (Å²) in [4.78, 5) is 21.4. The van der Waals surface area contributed by atoms with Crippen molar-refractivity contribution in [2.24, 2.45) is 0 Å². The first kappa shape index (κ1) is 17.4. The number of carbonyl (C=O) groups excluding carboxylic acids is 1. The molecule has 0 unspecified atom stereocenters. The normalized spacial score (nSPS) is 10.9. The molecule has 0 saturated heterocycles. The Morgan fingerprint density at radius 3 is 2.58 bits per heavy atom. The number of sulfonamides is 1. The molecule has 0 aliphatic heterocycles. The lowest BCUT2D eigenvalue weighted by Gasteiger charge is -2.09. The predicted octanol–water partition coefficient (Wildman–Crippen LogP) is 2.57. The topological polar surface area (TPSA) is 116 Å². The van der Waals surface area contributed by atoms with Crippen LogP contribution >= 0.6 is 0 Å². The molecule has 2 aromatic rings. The summed E-state index contributed by atoms with van der Waals surface area (Å²) in [5, 5.41) is 11.0. The monoisotopic (exact) mass is 350 g/mol. The van der Waals surface area contributed by atoms with Gasteiger partial charge >= 0.3 is 5.97 Å². The molecule has 0 bridgehead atoms. The van der Waals surface area contributed by atoms with Crippen LogP contribution in [-0.2, 0) is 14.8 Å². The fraction of sp³-hybridized carbons (Fsp3) is 0.133. The molecular formula is C15H14N2O6S. The van der Waals surface area contributed by atoms with Gasteiger partial charge in [-0.3, -0.25) is 14.8 Å². The van der Waals surface area contributed by atoms with Crippen molar-refractivity contribution in [1.82, 2.24) is 0 Å². The molecule has 0 aliphatic carbocycles. The lowest BCUT2D eigenvalue weighted by molar-refractivity contribution is -0.387. The van der Waals surface area contributed by atoms with E-state index in [1.54, 1.807) is 6.92 Å². The van der Waals surface area contributed by atoms with E-state index in [1.807, 2.05) is 0 Å². The summed E-state index contributed by atoms with van der Waals surface area (Å²) in [6.45, 7) is 1.84. The summed E-state index contributed by atoms with van der Waals surface area (Å²) in [6, 6.07) is 10.7. The number of para-hydroxylation sites is 1. The van der Waals surface area contributed by atoms with E-state index in [4.69, 9.17) is 4.74 Å². The van der Waals surface area contributed by atoms with Crippen LogP contribution in [0, 0.1) is 10.1 Å². The Morgan fingerprint density at radius 1 is 1.21 bits per heavy atom. The second-order valence-electron chi connectivity index (χ2n) is 4.63. The second kappa shape index (κ2) is 7.09. The Morgan fingerprint density at radius 2 is 1.92 bits per heavy atom. The number of anilines is 1. The van der Waals surface area contributed by atoms with Crippen LogP contribution in [0.5, 0.6) is 0 Å². The van der Waals surface area contributed by atoms with Crippen molar-refractivity contribution in [3.63, 3.8) is 0 Å². The molecule has 8 nitrogen and oxygen atoms in total. The number of nitro groups is 1. The van der Waals surface area contributed by atoms with E-state index in [2.05, 4.69) is 4.72 Å². The molecule has 24 heavy (non-hydrogen) atoms. The number of rotatable bonds is 6. The minimum Gasteiger partial charge on any atom is -0.462 e. The van der Waals surface area contributed by atoms with Gasteiger partial charge in [0.2, 0.25) is 0 Å². The summed E-state index contributed by atoms with van der Waals surface area (Å²) >= 11 is 0. The summed E-state index contributed by atoms with van der Waals surface area (Å²) in [5.41, 5.74) is -0.273. The van der Waals surface area contributed by atoms with Gasteiger partial charge in [0.15, 0.2) is 4.90 Å². The highest BCUT2D eigenvalue weighted by Crippen LogP contribution is 2.25. The third-order valence-corrected chi connectivity index (χ3v) is 4.41. The van der Waals surface area contributed by atoms with Gasteiger partial charge in [0, 0.05) is 11.8 Å². The standard InChI is InChI=1S/C15H14N2O6S/c1-2-23-15(18)11-6-5-7-12(10-11)16-24(21,22)14-9-4-3-8-13(14)17(19)20/h3-10,16H,2H2,1H3. The van der Waals surface area contributed by atoms with Crippen molar-refractivity contribution >= 4 is 27.4 Å². The number of ether oxygens (including phenoxy) is 1. The van der Waals surface area contributed by atoms with Gasteiger partial charge in [-0.1, -0.05) is 18.2 Å². The largest absolute Gasteiger partial charge is 0.462 e. The van der Waals surface area contributed by atoms with E-state index in [0.29, 0.717) is 0 Å². The van der Waals surface area contributed by atoms with Crippen molar-refractivity contribution in [1.29, 1.82) is 0 Å². The molecule has 0 heterocycles. The second-order valence-corrected chi connectivity index (χ2v) is 6.28. The lowest BCUT2D eigenvalue weighted by atomic mass is 10.2. The maximum atomic E-state index is 12.4. The van der Waals surface area contributed by atoms with Gasteiger partial charge in [-0.05, 0) is 31.2 Å². The first-order valence-electron chi connectivity index (χ1n) is 6.88. The molecule has 0 aliphatic rings. The highest BCUT2D eigenvalue weighted by atomic mass is 32.2.